The van der Waals surface area contributed by atoms with E-state index in [1.54, 1.807) is 12.4 Å². The first-order valence-corrected chi connectivity index (χ1v) is 7.58. The highest BCUT2D eigenvalue weighted by molar-refractivity contribution is 5.88. The van der Waals surface area contributed by atoms with Gasteiger partial charge in [0.2, 0.25) is 0 Å². The lowest BCUT2D eigenvalue weighted by atomic mass is 9.99. The summed E-state index contributed by atoms with van der Waals surface area (Å²) in [6, 6.07) is 2.40. The molecule has 0 fully saturated rings. The third-order valence-corrected chi connectivity index (χ3v) is 4.67. The fourth-order valence-electron chi connectivity index (χ4n) is 3.73. The lowest BCUT2D eigenvalue weighted by Crippen LogP contribution is -2.06. The highest BCUT2D eigenvalue weighted by Gasteiger charge is 2.25. The average Bonchev–Trinajstić information content (AvgIpc) is 3.22. The van der Waals surface area contributed by atoms with Gasteiger partial charge in [-0.25, -0.2) is 9.48 Å². The number of esters is 1. The molecular weight excluding hydrogens is 264 g/mol. The van der Waals surface area contributed by atoms with Crippen LogP contribution in [0.4, 0.5) is 0 Å². The van der Waals surface area contributed by atoms with E-state index in [0.717, 1.165) is 12.8 Å². The van der Waals surface area contributed by atoms with E-state index in [9.17, 15) is 4.79 Å². The number of hydrogen-bond donors (Lipinski definition) is 0. The van der Waals surface area contributed by atoms with Gasteiger partial charge in [-0.3, -0.25) is 0 Å². The Labute approximate surface area is 123 Å². The zero-order valence-corrected chi connectivity index (χ0v) is 12.2. The van der Waals surface area contributed by atoms with Gasteiger partial charge >= 0.3 is 5.97 Å². The van der Waals surface area contributed by atoms with Crippen LogP contribution in [0.5, 0.6) is 0 Å². The number of nitrogens with zero attached hydrogens (tertiary/aromatic N) is 2. The standard InChI is InChI=1S/C17H18N2O2/c1-21-17(20)13-9-18-19(10-13)16-14-6-2-4-11(14)8-12-5-3-7-15(12)16/h8-10H,2-7H2,1H3. The van der Waals surface area contributed by atoms with Crippen LogP contribution >= 0.6 is 0 Å². The molecule has 0 saturated carbocycles. The molecule has 4 nitrogen and oxygen atoms in total. The van der Waals surface area contributed by atoms with E-state index in [2.05, 4.69) is 11.2 Å². The highest BCUT2D eigenvalue weighted by Crippen LogP contribution is 2.37. The Kier molecular flexibility index (Phi) is 2.84. The number of rotatable bonds is 2. The number of ether oxygens (including phenoxy) is 1. The summed E-state index contributed by atoms with van der Waals surface area (Å²) in [6.07, 6.45) is 10.4. The van der Waals surface area contributed by atoms with Crippen molar-refractivity contribution in [3.05, 3.63) is 46.3 Å². The minimum Gasteiger partial charge on any atom is -0.465 e. The third-order valence-electron chi connectivity index (χ3n) is 4.67. The van der Waals surface area contributed by atoms with E-state index in [4.69, 9.17) is 4.74 Å². The Balaban J connectivity index is 1.88. The van der Waals surface area contributed by atoms with Crippen LogP contribution in [0.25, 0.3) is 5.69 Å². The van der Waals surface area contributed by atoms with Gasteiger partial charge in [0.05, 0.1) is 24.6 Å². The molecule has 21 heavy (non-hydrogen) atoms. The summed E-state index contributed by atoms with van der Waals surface area (Å²) in [7, 11) is 1.40. The molecule has 0 atom stereocenters. The zero-order valence-electron chi connectivity index (χ0n) is 12.2. The maximum absolute atomic E-state index is 11.7. The molecule has 0 aliphatic heterocycles. The molecular formula is C17H18N2O2. The number of carbonyl (C=O) groups is 1. The summed E-state index contributed by atoms with van der Waals surface area (Å²) in [5, 5.41) is 4.43. The monoisotopic (exact) mass is 282 g/mol. The molecule has 0 bridgehead atoms. The molecule has 0 saturated heterocycles. The smallest absolute Gasteiger partial charge is 0.341 e. The lowest BCUT2D eigenvalue weighted by Gasteiger charge is -2.14. The van der Waals surface area contributed by atoms with Gasteiger partial charge in [-0.05, 0) is 60.8 Å². The van der Waals surface area contributed by atoms with Crippen molar-refractivity contribution in [3.8, 4) is 5.69 Å². The Morgan fingerprint density at radius 2 is 1.81 bits per heavy atom. The van der Waals surface area contributed by atoms with Crippen LogP contribution in [-0.2, 0) is 30.4 Å². The number of hydrogen-bond acceptors (Lipinski definition) is 3. The number of aromatic nitrogens is 2. The molecule has 0 N–H and O–H groups in total. The van der Waals surface area contributed by atoms with Gasteiger partial charge in [-0.2, -0.15) is 5.10 Å². The average molecular weight is 282 g/mol. The Bertz CT molecular complexity index is 698. The first-order chi connectivity index (χ1) is 10.3. The first-order valence-electron chi connectivity index (χ1n) is 7.58. The van der Waals surface area contributed by atoms with Crippen LogP contribution in [0.2, 0.25) is 0 Å². The SMILES string of the molecule is COC(=O)c1cnn(-c2c3c(cc4c2CCC4)CCC3)c1. The number of fused-ring (bicyclic) bond motifs is 2. The molecule has 2 aliphatic rings. The van der Waals surface area contributed by atoms with Crippen molar-refractivity contribution < 1.29 is 9.53 Å². The summed E-state index contributed by atoms with van der Waals surface area (Å²) in [4.78, 5) is 11.7. The molecule has 1 heterocycles. The van der Waals surface area contributed by atoms with Gasteiger partial charge in [0, 0.05) is 6.20 Å². The summed E-state index contributed by atoms with van der Waals surface area (Å²) >= 11 is 0. The maximum atomic E-state index is 11.7. The molecule has 0 amide bonds. The molecule has 2 aromatic rings. The van der Waals surface area contributed by atoms with E-state index < -0.39 is 0 Å². The Morgan fingerprint density at radius 3 is 2.43 bits per heavy atom. The van der Waals surface area contributed by atoms with Crippen molar-refractivity contribution in [2.45, 2.75) is 38.5 Å². The predicted octanol–water partition coefficient (Wildman–Crippen LogP) is 2.64. The van der Waals surface area contributed by atoms with Crippen molar-refractivity contribution >= 4 is 5.97 Å². The maximum Gasteiger partial charge on any atom is 0.341 e. The van der Waals surface area contributed by atoms with E-state index in [1.165, 1.54) is 60.7 Å². The van der Waals surface area contributed by atoms with Crippen molar-refractivity contribution in [1.82, 2.24) is 9.78 Å². The molecule has 1 aromatic heterocycles. The van der Waals surface area contributed by atoms with Gasteiger partial charge < -0.3 is 4.74 Å². The minimum atomic E-state index is -0.328. The van der Waals surface area contributed by atoms with Crippen LogP contribution in [0.1, 0.15) is 45.5 Å². The van der Waals surface area contributed by atoms with Gasteiger partial charge in [-0.15, -0.1) is 0 Å². The molecule has 4 rings (SSSR count). The molecule has 4 heteroatoms. The molecule has 0 unspecified atom stereocenters. The fraction of sp³-hybridized carbons (Fsp3) is 0.412. The second-order valence-electron chi connectivity index (χ2n) is 5.87. The Morgan fingerprint density at radius 1 is 1.14 bits per heavy atom. The first kappa shape index (κ1) is 12.6. The normalized spacial score (nSPS) is 15.9. The quantitative estimate of drug-likeness (QED) is 0.795. The predicted molar refractivity (Wildman–Crippen MR) is 79.0 cm³/mol. The van der Waals surface area contributed by atoms with E-state index >= 15 is 0 Å². The van der Waals surface area contributed by atoms with Crippen molar-refractivity contribution in [1.29, 1.82) is 0 Å². The second-order valence-corrected chi connectivity index (χ2v) is 5.87. The van der Waals surface area contributed by atoms with Crippen molar-refractivity contribution in [2.75, 3.05) is 7.11 Å². The number of aryl methyl sites for hydroxylation is 2. The van der Waals surface area contributed by atoms with Crippen LogP contribution < -0.4 is 0 Å². The van der Waals surface area contributed by atoms with E-state index in [1.807, 2.05) is 4.68 Å². The molecule has 108 valence electrons. The minimum absolute atomic E-state index is 0.328. The largest absolute Gasteiger partial charge is 0.465 e. The lowest BCUT2D eigenvalue weighted by molar-refractivity contribution is 0.0600. The van der Waals surface area contributed by atoms with Gasteiger partial charge in [0.1, 0.15) is 0 Å². The summed E-state index contributed by atoms with van der Waals surface area (Å²) < 4.78 is 6.67. The molecule has 0 spiro atoms. The number of carbonyl (C=O) groups excluding carboxylic acids is 1. The van der Waals surface area contributed by atoms with Crippen LogP contribution in [0.3, 0.4) is 0 Å². The topological polar surface area (TPSA) is 44.1 Å². The fourth-order valence-corrected chi connectivity index (χ4v) is 3.73. The van der Waals surface area contributed by atoms with Gasteiger partial charge in [0.25, 0.3) is 0 Å². The third kappa shape index (κ3) is 1.89. The second kappa shape index (κ2) is 4.72. The number of methoxy groups -OCH3 is 1. The Hall–Kier alpha value is -2.10. The molecule has 0 radical (unpaired) electrons. The summed E-state index contributed by atoms with van der Waals surface area (Å²) in [5.74, 6) is -0.328. The highest BCUT2D eigenvalue weighted by atomic mass is 16.5. The van der Waals surface area contributed by atoms with Gasteiger partial charge in [0.15, 0.2) is 0 Å². The number of benzene rings is 1. The van der Waals surface area contributed by atoms with Gasteiger partial charge in [-0.1, -0.05) is 6.07 Å². The van der Waals surface area contributed by atoms with Crippen LogP contribution in [0.15, 0.2) is 18.5 Å². The van der Waals surface area contributed by atoms with Crippen LogP contribution in [-0.4, -0.2) is 22.9 Å². The summed E-state index contributed by atoms with van der Waals surface area (Å²) in [6.45, 7) is 0. The summed E-state index contributed by atoms with van der Waals surface area (Å²) in [5.41, 5.74) is 7.54. The molecule has 1 aromatic carbocycles. The van der Waals surface area contributed by atoms with Crippen LogP contribution in [0, 0.1) is 0 Å². The van der Waals surface area contributed by atoms with E-state index in [-0.39, 0.29) is 5.97 Å². The zero-order chi connectivity index (χ0) is 14.4. The molecule has 2 aliphatic carbocycles. The van der Waals surface area contributed by atoms with E-state index in [0.29, 0.717) is 5.56 Å². The van der Waals surface area contributed by atoms with Crippen molar-refractivity contribution in [2.24, 2.45) is 0 Å². The van der Waals surface area contributed by atoms with Crippen molar-refractivity contribution in [3.63, 3.8) is 0 Å².